The SMILES string of the molecule is Cc1cc(Br)c(NCc2cn[nH]c2C)c(Br)c1. The lowest BCUT2D eigenvalue weighted by molar-refractivity contribution is 1.04. The number of aromatic nitrogens is 2. The first-order valence-electron chi connectivity index (χ1n) is 5.26. The van der Waals surface area contributed by atoms with Gasteiger partial charge in [0.25, 0.3) is 0 Å². The highest BCUT2D eigenvalue weighted by atomic mass is 79.9. The van der Waals surface area contributed by atoms with Crippen LogP contribution in [0.5, 0.6) is 0 Å². The van der Waals surface area contributed by atoms with E-state index in [0.717, 1.165) is 26.9 Å². The summed E-state index contributed by atoms with van der Waals surface area (Å²) >= 11 is 7.13. The second-order valence-corrected chi connectivity index (χ2v) is 5.69. The van der Waals surface area contributed by atoms with Gasteiger partial charge in [0.1, 0.15) is 0 Å². The minimum atomic E-state index is 0.753. The van der Waals surface area contributed by atoms with Gasteiger partial charge in [0.05, 0.1) is 11.9 Å². The average Bonchev–Trinajstić information content (AvgIpc) is 2.62. The summed E-state index contributed by atoms with van der Waals surface area (Å²) in [5.74, 6) is 0. The molecule has 2 rings (SSSR count). The molecule has 1 heterocycles. The number of nitrogens with one attached hydrogen (secondary N) is 2. The van der Waals surface area contributed by atoms with E-state index in [-0.39, 0.29) is 0 Å². The van der Waals surface area contributed by atoms with Crippen LogP contribution in [0.25, 0.3) is 0 Å². The Hall–Kier alpha value is -0.810. The van der Waals surface area contributed by atoms with Crippen molar-refractivity contribution in [3.63, 3.8) is 0 Å². The molecular formula is C12H13Br2N3. The number of aromatic amines is 1. The van der Waals surface area contributed by atoms with Crippen LogP contribution in [0.15, 0.2) is 27.3 Å². The molecule has 1 aromatic heterocycles. The topological polar surface area (TPSA) is 40.7 Å². The molecule has 2 N–H and O–H groups in total. The van der Waals surface area contributed by atoms with E-state index >= 15 is 0 Å². The van der Waals surface area contributed by atoms with Crippen LogP contribution in [0.1, 0.15) is 16.8 Å². The fraction of sp³-hybridized carbons (Fsp3) is 0.250. The van der Waals surface area contributed by atoms with Gasteiger partial charge >= 0.3 is 0 Å². The summed E-state index contributed by atoms with van der Waals surface area (Å²) in [6.07, 6.45) is 1.85. The Bertz CT molecular complexity index is 511. The fourth-order valence-corrected chi connectivity index (χ4v) is 3.30. The third-order valence-corrected chi connectivity index (χ3v) is 3.83. The number of H-pyrrole nitrogens is 1. The van der Waals surface area contributed by atoms with Crippen LogP contribution in [0.3, 0.4) is 0 Å². The molecule has 90 valence electrons. The molecule has 0 amide bonds. The smallest absolute Gasteiger partial charge is 0.0631 e. The second kappa shape index (κ2) is 5.23. The normalized spacial score (nSPS) is 10.6. The van der Waals surface area contributed by atoms with Gasteiger partial charge in [-0.1, -0.05) is 0 Å². The summed E-state index contributed by atoms with van der Waals surface area (Å²) < 4.78 is 2.12. The first-order valence-corrected chi connectivity index (χ1v) is 6.85. The van der Waals surface area contributed by atoms with E-state index in [0.29, 0.717) is 0 Å². The number of nitrogens with zero attached hydrogens (tertiary/aromatic N) is 1. The maximum atomic E-state index is 4.00. The molecule has 0 unspecified atom stereocenters. The molecule has 0 fully saturated rings. The van der Waals surface area contributed by atoms with Gasteiger partial charge in [-0.25, -0.2) is 0 Å². The monoisotopic (exact) mass is 357 g/mol. The Morgan fingerprint density at radius 1 is 1.24 bits per heavy atom. The third kappa shape index (κ3) is 2.90. The minimum absolute atomic E-state index is 0.753. The number of aryl methyl sites for hydroxylation is 2. The lowest BCUT2D eigenvalue weighted by Gasteiger charge is -2.11. The lowest BCUT2D eigenvalue weighted by atomic mass is 10.2. The zero-order valence-electron chi connectivity index (χ0n) is 9.64. The molecule has 0 atom stereocenters. The number of halogens is 2. The zero-order chi connectivity index (χ0) is 12.4. The summed E-state index contributed by atoms with van der Waals surface area (Å²) in [5, 5.41) is 10.3. The van der Waals surface area contributed by atoms with Crippen molar-refractivity contribution < 1.29 is 0 Å². The molecule has 2 aromatic rings. The van der Waals surface area contributed by atoms with Crippen molar-refractivity contribution in [2.45, 2.75) is 20.4 Å². The van der Waals surface area contributed by atoms with Crippen LogP contribution in [0.2, 0.25) is 0 Å². The van der Waals surface area contributed by atoms with Crippen molar-refractivity contribution in [1.29, 1.82) is 0 Å². The van der Waals surface area contributed by atoms with Crippen molar-refractivity contribution in [3.8, 4) is 0 Å². The van der Waals surface area contributed by atoms with Crippen LogP contribution < -0.4 is 5.32 Å². The maximum absolute atomic E-state index is 4.00. The number of hydrogen-bond donors (Lipinski definition) is 2. The van der Waals surface area contributed by atoms with Gasteiger partial charge in [-0.05, 0) is 63.4 Å². The van der Waals surface area contributed by atoms with E-state index in [1.165, 1.54) is 11.1 Å². The summed E-state index contributed by atoms with van der Waals surface area (Å²) in [7, 11) is 0. The van der Waals surface area contributed by atoms with Gasteiger partial charge in [0.15, 0.2) is 0 Å². The molecule has 5 heteroatoms. The van der Waals surface area contributed by atoms with E-state index in [9.17, 15) is 0 Å². The summed E-state index contributed by atoms with van der Waals surface area (Å²) in [5.41, 5.74) is 4.55. The van der Waals surface area contributed by atoms with Crippen molar-refractivity contribution in [1.82, 2.24) is 10.2 Å². The number of rotatable bonds is 3. The molecule has 1 aromatic carbocycles. The predicted molar refractivity (Wildman–Crippen MR) is 77.2 cm³/mol. The number of benzene rings is 1. The van der Waals surface area contributed by atoms with Crippen molar-refractivity contribution in [2.75, 3.05) is 5.32 Å². The van der Waals surface area contributed by atoms with Crippen LogP contribution >= 0.6 is 31.9 Å². The Balaban J connectivity index is 2.17. The highest BCUT2D eigenvalue weighted by Crippen LogP contribution is 2.32. The van der Waals surface area contributed by atoms with E-state index < -0.39 is 0 Å². The highest BCUT2D eigenvalue weighted by Gasteiger charge is 2.07. The van der Waals surface area contributed by atoms with E-state index in [2.05, 4.69) is 66.4 Å². The van der Waals surface area contributed by atoms with E-state index in [4.69, 9.17) is 0 Å². The first kappa shape index (κ1) is 12.6. The number of anilines is 1. The molecule has 0 aliphatic rings. The minimum Gasteiger partial charge on any atom is -0.379 e. The standard InChI is InChI=1S/C12H13Br2N3/c1-7-3-10(13)12(11(14)4-7)15-5-9-6-16-17-8(9)2/h3-4,6,15H,5H2,1-2H3,(H,16,17). The molecule has 3 nitrogen and oxygen atoms in total. The quantitative estimate of drug-likeness (QED) is 0.864. The molecule has 0 spiro atoms. The van der Waals surface area contributed by atoms with Gasteiger partial charge in [0.2, 0.25) is 0 Å². The molecule has 0 aliphatic heterocycles. The van der Waals surface area contributed by atoms with E-state index in [1.807, 2.05) is 13.1 Å². The van der Waals surface area contributed by atoms with Crippen LogP contribution in [-0.4, -0.2) is 10.2 Å². The predicted octanol–water partition coefficient (Wildman–Crippen LogP) is 4.16. The molecule has 0 saturated carbocycles. The van der Waals surface area contributed by atoms with Gasteiger partial charge < -0.3 is 5.32 Å². The highest BCUT2D eigenvalue weighted by molar-refractivity contribution is 9.11. The van der Waals surface area contributed by atoms with Gasteiger partial charge in [-0.2, -0.15) is 5.10 Å². The summed E-state index contributed by atoms with van der Waals surface area (Å²) in [6, 6.07) is 4.19. The van der Waals surface area contributed by atoms with E-state index in [1.54, 1.807) is 0 Å². The fourth-order valence-electron chi connectivity index (χ4n) is 1.61. The summed E-state index contributed by atoms with van der Waals surface area (Å²) in [4.78, 5) is 0. The Labute approximate surface area is 117 Å². The Morgan fingerprint density at radius 3 is 2.41 bits per heavy atom. The molecule has 0 bridgehead atoms. The van der Waals surface area contributed by atoms with Crippen LogP contribution in [0.4, 0.5) is 5.69 Å². The lowest BCUT2D eigenvalue weighted by Crippen LogP contribution is -2.01. The first-order chi connectivity index (χ1) is 8.08. The van der Waals surface area contributed by atoms with Crippen molar-refractivity contribution >= 4 is 37.5 Å². The van der Waals surface area contributed by atoms with Gasteiger partial charge in [0, 0.05) is 26.7 Å². The largest absolute Gasteiger partial charge is 0.379 e. The maximum Gasteiger partial charge on any atom is 0.0631 e. The zero-order valence-corrected chi connectivity index (χ0v) is 12.8. The van der Waals surface area contributed by atoms with Crippen LogP contribution in [-0.2, 0) is 6.54 Å². The molecular weight excluding hydrogens is 346 g/mol. The summed E-state index contributed by atoms with van der Waals surface area (Å²) in [6.45, 7) is 4.84. The third-order valence-electron chi connectivity index (χ3n) is 2.58. The van der Waals surface area contributed by atoms with Gasteiger partial charge in [-0.15, -0.1) is 0 Å². The van der Waals surface area contributed by atoms with Crippen molar-refractivity contribution in [2.24, 2.45) is 0 Å². The molecule has 0 radical (unpaired) electrons. The second-order valence-electron chi connectivity index (χ2n) is 3.98. The van der Waals surface area contributed by atoms with Gasteiger partial charge in [-0.3, -0.25) is 5.10 Å². The molecule has 17 heavy (non-hydrogen) atoms. The molecule has 0 saturated heterocycles. The Kier molecular flexibility index (Phi) is 3.89. The number of hydrogen-bond acceptors (Lipinski definition) is 2. The van der Waals surface area contributed by atoms with Crippen molar-refractivity contribution in [3.05, 3.63) is 44.1 Å². The average molecular weight is 359 g/mol. The molecule has 0 aliphatic carbocycles. The Morgan fingerprint density at radius 2 is 1.88 bits per heavy atom. The van der Waals surface area contributed by atoms with Crippen LogP contribution in [0, 0.1) is 13.8 Å².